The summed E-state index contributed by atoms with van der Waals surface area (Å²) in [5.41, 5.74) is 0.968. The predicted octanol–water partition coefficient (Wildman–Crippen LogP) is 2.35. The first-order valence-corrected chi connectivity index (χ1v) is 9.36. The highest BCUT2D eigenvalue weighted by Crippen LogP contribution is 2.09. The van der Waals surface area contributed by atoms with Crippen molar-refractivity contribution < 1.29 is 13.2 Å². The number of rotatable bonds is 10. The van der Waals surface area contributed by atoms with E-state index in [1.165, 1.54) is 31.4 Å². The standard InChI is InChI=1S/C16H26N2O3S/c1-2-3-4-5-6-7-16(19)18-13-12-14-8-10-15(11-9-14)22(17,20)21/h8-11H,2-7,12-13H2,1H3,(H,18,19)(H2,17,20,21). The van der Waals surface area contributed by atoms with Crippen LogP contribution in [0.5, 0.6) is 0 Å². The molecule has 0 atom stereocenters. The second-order valence-electron chi connectivity index (χ2n) is 5.45. The Labute approximate surface area is 133 Å². The molecule has 1 aromatic carbocycles. The van der Waals surface area contributed by atoms with Crippen LogP contribution >= 0.6 is 0 Å². The van der Waals surface area contributed by atoms with Crippen molar-refractivity contribution in [2.75, 3.05) is 6.54 Å². The summed E-state index contributed by atoms with van der Waals surface area (Å²) in [5, 5.41) is 7.92. The van der Waals surface area contributed by atoms with Crippen LogP contribution in [0.1, 0.15) is 51.0 Å². The number of carbonyl (C=O) groups is 1. The minimum atomic E-state index is -3.64. The lowest BCUT2D eigenvalue weighted by Crippen LogP contribution is -2.25. The first-order valence-electron chi connectivity index (χ1n) is 7.82. The molecular weight excluding hydrogens is 300 g/mol. The van der Waals surface area contributed by atoms with E-state index in [1.54, 1.807) is 12.1 Å². The van der Waals surface area contributed by atoms with E-state index in [0.29, 0.717) is 19.4 Å². The summed E-state index contributed by atoms with van der Waals surface area (Å²) < 4.78 is 22.3. The number of sulfonamides is 1. The number of nitrogens with two attached hydrogens (primary N) is 1. The van der Waals surface area contributed by atoms with Crippen molar-refractivity contribution in [1.29, 1.82) is 0 Å². The first kappa shape index (κ1) is 18.6. The maximum absolute atomic E-state index is 11.6. The highest BCUT2D eigenvalue weighted by molar-refractivity contribution is 7.89. The quantitative estimate of drug-likeness (QED) is 0.647. The molecule has 1 rings (SSSR count). The van der Waals surface area contributed by atoms with Crippen LogP contribution < -0.4 is 10.5 Å². The predicted molar refractivity (Wildman–Crippen MR) is 87.9 cm³/mol. The van der Waals surface area contributed by atoms with Crippen molar-refractivity contribution >= 4 is 15.9 Å². The van der Waals surface area contributed by atoms with Crippen molar-refractivity contribution in [2.45, 2.75) is 56.8 Å². The van der Waals surface area contributed by atoms with E-state index in [4.69, 9.17) is 5.14 Å². The molecule has 0 saturated carbocycles. The van der Waals surface area contributed by atoms with Crippen molar-refractivity contribution in [2.24, 2.45) is 5.14 Å². The van der Waals surface area contributed by atoms with E-state index in [0.717, 1.165) is 18.4 Å². The number of benzene rings is 1. The van der Waals surface area contributed by atoms with E-state index >= 15 is 0 Å². The molecule has 0 aliphatic rings. The molecule has 3 N–H and O–H groups in total. The highest BCUT2D eigenvalue weighted by atomic mass is 32.2. The van der Waals surface area contributed by atoms with Crippen LogP contribution in [0.3, 0.4) is 0 Å². The summed E-state index contributed by atoms with van der Waals surface area (Å²) in [6.07, 6.45) is 6.93. The Morgan fingerprint density at radius 3 is 2.32 bits per heavy atom. The Bertz CT molecular complexity index is 553. The number of hydrogen-bond donors (Lipinski definition) is 2. The third kappa shape index (κ3) is 7.56. The largest absolute Gasteiger partial charge is 0.356 e. The highest BCUT2D eigenvalue weighted by Gasteiger charge is 2.06. The van der Waals surface area contributed by atoms with Gasteiger partial charge in [0.05, 0.1) is 4.90 Å². The Morgan fingerprint density at radius 2 is 1.73 bits per heavy atom. The number of carbonyl (C=O) groups excluding carboxylic acids is 1. The molecule has 1 amide bonds. The lowest BCUT2D eigenvalue weighted by atomic mass is 10.1. The van der Waals surface area contributed by atoms with Gasteiger partial charge in [-0.05, 0) is 30.5 Å². The molecule has 0 unspecified atom stereocenters. The average Bonchev–Trinajstić information content (AvgIpc) is 2.46. The van der Waals surface area contributed by atoms with Crippen molar-refractivity contribution in [3.63, 3.8) is 0 Å². The average molecular weight is 326 g/mol. The van der Waals surface area contributed by atoms with E-state index in [-0.39, 0.29) is 10.8 Å². The molecule has 0 saturated heterocycles. The van der Waals surface area contributed by atoms with Crippen LogP contribution in [0.25, 0.3) is 0 Å². The third-order valence-corrected chi connectivity index (χ3v) is 4.42. The zero-order valence-electron chi connectivity index (χ0n) is 13.2. The molecular formula is C16H26N2O3S. The van der Waals surface area contributed by atoms with E-state index in [9.17, 15) is 13.2 Å². The van der Waals surface area contributed by atoms with Crippen LogP contribution in [0.15, 0.2) is 29.2 Å². The number of nitrogens with one attached hydrogen (secondary N) is 1. The van der Waals surface area contributed by atoms with Crippen molar-refractivity contribution in [3.05, 3.63) is 29.8 Å². The second-order valence-corrected chi connectivity index (χ2v) is 7.01. The molecule has 5 nitrogen and oxygen atoms in total. The van der Waals surface area contributed by atoms with Crippen LogP contribution in [0.2, 0.25) is 0 Å². The maximum Gasteiger partial charge on any atom is 0.238 e. The molecule has 0 aliphatic heterocycles. The lowest BCUT2D eigenvalue weighted by Gasteiger charge is -2.06. The molecule has 0 radical (unpaired) electrons. The third-order valence-electron chi connectivity index (χ3n) is 3.50. The summed E-state index contributed by atoms with van der Waals surface area (Å²) >= 11 is 0. The summed E-state index contributed by atoms with van der Waals surface area (Å²) in [6.45, 7) is 2.73. The monoisotopic (exact) mass is 326 g/mol. The number of unbranched alkanes of at least 4 members (excludes halogenated alkanes) is 4. The van der Waals surface area contributed by atoms with Crippen LogP contribution in [-0.4, -0.2) is 20.9 Å². The van der Waals surface area contributed by atoms with Gasteiger partial charge in [-0.15, -0.1) is 0 Å². The van der Waals surface area contributed by atoms with Crippen LogP contribution in [0.4, 0.5) is 0 Å². The molecule has 0 aliphatic carbocycles. The second kappa shape index (κ2) is 9.58. The van der Waals surface area contributed by atoms with Gasteiger partial charge in [0.25, 0.3) is 0 Å². The van der Waals surface area contributed by atoms with E-state index < -0.39 is 10.0 Å². The fourth-order valence-corrected chi connectivity index (χ4v) is 2.68. The molecule has 6 heteroatoms. The van der Waals surface area contributed by atoms with Crippen molar-refractivity contribution in [1.82, 2.24) is 5.32 Å². The normalized spacial score (nSPS) is 11.4. The molecule has 0 fully saturated rings. The van der Waals surface area contributed by atoms with Crippen LogP contribution in [0, 0.1) is 0 Å². The first-order chi connectivity index (χ1) is 10.4. The summed E-state index contributed by atoms with van der Waals surface area (Å²) in [7, 11) is -3.64. The SMILES string of the molecule is CCCCCCCC(=O)NCCc1ccc(S(N)(=O)=O)cc1. The van der Waals surface area contributed by atoms with Gasteiger partial charge in [-0.2, -0.15) is 0 Å². The van der Waals surface area contributed by atoms with Gasteiger partial charge in [-0.25, -0.2) is 13.6 Å². The lowest BCUT2D eigenvalue weighted by molar-refractivity contribution is -0.121. The fourth-order valence-electron chi connectivity index (χ4n) is 2.17. The van der Waals surface area contributed by atoms with Gasteiger partial charge in [0, 0.05) is 13.0 Å². The van der Waals surface area contributed by atoms with Gasteiger partial charge in [-0.1, -0.05) is 44.7 Å². The minimum Gasteiger partial charge on any atom is -0.356 e. The number of primary sulfonamides is 1. The van der Waals surface area contributed by atoms with Gasteiger partial charge < -0.3 is 5.32 Å². The van der Waals surface area contributed by atoms with Gasteiger partial charge in [0.1, 0.15) is 0 Å². The van der Waals surface area contributed by atoms with Crippen LogP contribution in [-0.2, 0) is 21.2 Å². The Balaban J connectivity index is 2.22. The molecule has 0 spiro atoms. The Morgan fingerprint density at radius 1 is 1.09 bits per heavy atom. The van der Waals surface area contributed by atoms with Crippen molar-refractivity contribution in [3.8, 4) is 0 Å². The smallest absolute Gasteiger partial charge is 0.238 e. The van der Waals surface area contributed by atoms with Gasteiger partial charge in [-0.3, -0.25) is 4.79 Å². The van der Waals surface area contributed by atoms with Gasteiger partial charge >= 0.3 is 0 Å². The molecule has 0 heterocycles. The van der Waals surface area contributed by atoms with E-state index in [1.807, 2.05) is 0 Å². The topological polar surface area (TPSA) is 89.3 Å². The zero-order chi connectivity index (χ0) is 16.4. The fraction of sp³-hybridized carbons (Fsp3) is 0.562. The summed E-state index contributed by atoms with van der Waals surface area (Å²) in [5.74, 6) is 0.0812. The van der Waals surface area contributed by atoms with E-state index in [2.05, 4.69) is 12.2 Å². The number of hydrogen-bond acceptors (Lipinski definition) is 3. The maximum atomic E-state index is 11.6. The molecule has 22 heavy (non-hydrogen) atoms. The van der Waals surface area contributed by atoms with Gasteiger partial charge in [0.2, 0.25) is 15.9 Å². The molecule has 124 valence electrons. The van der Waals surface area contributed by atoms with Gasteiger partial charge in [0.15, 0.2) is 0 Å². The summed E-state index contributed by atoms with van der Waals surface area (Å²) in [6, 6.07) is 6.41. The number of amides is 1. The molecule has 0 bridgehead atoms. The Hall–Kier alpha value is -1.40. The molecule has 1 aromatic rings. The molecule has 0 aromatic heterocycles. The Kier molecular flexibility index (Phi) is 8.12. The summed E-state index contributed by atoms with van der Waals surface area (Å²) in [4.78, 5) is 11.7. The zero-order valence-corrected chi connectivity index (χ0v) is 14.0. The minimum absolute atomic E-state index is 0.0812.